The van der Waals surface area contributed by atoms with E-state index in [1.807, 2.05) is 6.92 Å². The minimum Gasteiger partial charge on any atom is -0.465 e. The standard InChI is InChI=1S/C27H33ClN2O5S/c1-4-6-17-35-25(34)21-20-23(32)30(15-9-16-31)22(27(20)13-12-26(21,3)36-27)24(33)29(14-5-2)19-11-8-7-10-18(19)28/h4-5,7-8,10-11,20-22,31H,1-2,6,9,12-17H2,3H3/t20-,21-,22?,26+,27?/m0/s1. The largest absolute Gasteiger partial charge is 0.465 e. The lowest BCUT2D eigenvalue weighted by molar-refractivity contribution is -0.155. The number of carbonyl (C=O) groups is 3. The van der Waals surface area contributed by atoms with Crippen LogP contribution in [0.15, 0.2) is 49.6 Å². The van der Waals surface area contributed by atoms with Crippen molar-refractivity contribution < 1.29 is 24.2 Å². The number of para-hydroxylation sites is 1. The van der Waals surface area contributed by atoms with E-state index in [0.29, 0.717) is 36.4 Å². The molecule has 3 aliphatic heterocycles. The molecule has 3 aliphatic rings. The van der Waals surface area contributed by atoms with E-state index in [1.165, 1.54) is 0 Å². The summed E-state index contributed by atoms with van der Waals surface area (Å²) in [6.07, 6.45) is 5.52. The van der Waals surface area contributed by atoms with Crippen molar-refractivity contribution in [3.8, 4) is 0 Å². The van der Waals surface area contributed by atoms with Crippen LogP contribution >= 0.6 is 23.4 Å². The number of esters is 1. The second kappa shape index (κ2) is 10.6. The van der Waals surface area contributed by atoms with Crippen LogP contribution in [0.2, 0.25) is 5.02 Å². The molecule has 0 aromatic heterocycles. The molecule has 0 saturated carbocycles. The molecule has 0 radical (unpaired) electrons. The second-order valence-electron chi connectivity index (χ2n) is 9.77. The van der Waals surface area contributed by atoms with E-state index in [0.717, 1.165) is 0 Å². The maximum atomic E-state index is 14.3. The molecule has 1 aromatic carbocycles. The molecule has 5 atom stereocenters. The topological polar surface area (TPSA) is 87.1 Å². The van der Waals surface area contributed by atoms with E-state index < -0.39 is 33.3 Å². The van der Waals surface area contributed by atoms with Gasteiger partial charge in [-0.3, -0.25) is 14.4 Å². The molecule has 3 fully saturated rings. The van der Waals surface area contributed by atoms with Gasteiger partial charge in [0.05, 0.1) is 33.9 Å². The van der Waals surface area contributed by atoms with Gasteiger partial charge in [-0.2, -0.15) is 0 Å². The predicted octanol–water partition coefficient (Wildman–Crippen LogP) is 3.84. The Morgan fingerprint density at radius 1 is 1.31 bits per heavy atom. The summed E-state index contributed by atoms with van der Waals surface area (Å²) in [5.41, 5.74) is 0.544. The van der Waals surface area contributed by atoms with Crippen molar-refractivity contribution in [1.82, 2.24) is 4.90 Å². The number of nitrogens with zero attached hydrogens (tertiary/aromatic N) is 2. The molecule has 9 heteroatoms. The molecule has 2 amide bonds. The van der Waals surface area contributed by atoms with Crippen LogP contribution in [0.1, 0.15) is 32.6 Å². The van der Waals surface area contributed by atoms with Crippen LogP contribution in [0.25, 0.3) is 0 Å². The summed E-state index contributed by atoms with van der Waals surface area (Å²) in [6.45, 7) is 10.0. The van der Waals surface area contributed by atoms with Crippen molar-refractivity contribution in [2.24, 2.45) is 11.8 Å². The molecule has 3 saturated heterocycles. The molecule has 2 unspecified atom stereocenters. The molecular weight excluding hydrogens is 500 g/mol. The number of thioether (sulfide) groups is 1. The average molecular weight is 533 g/mol. The Hall–Kier alpha value is -2.29. The first kappa shape index (κ1) is 26.8. The Bertz CT molecular complexity index is 1070. The zero-order chi connectivity index (χ0) is 26.1. The van der Waals surface area contributed by atoms with Crippen molar-refractivity contribution in [1.29, 1.82) is 0 Å². The molecule has 7 nitrogen and oxygen atoms in total. The lowest BCUT2D eigenvalue weighted by Crippen LogP contribution is -2.55. The summed E-state index contributed by atoms with van der Waals surface area (Å²) in [7, 11) is 0. The number of anilines is 1. The van der Waals surface area contributed by atoms with Crippen LogP contribution in [-0.4, -0.2) is 69.6 Å². The number of amides is 2. The summed E-state index contributed by atoms with van der Waals surface area (Å²) < 4.78 is 4.30. The van der Waals surface area contributed by atoms with Crippen LogP contribution in [0.4, 0.5) is 5.69 Å². The first-order valence-corrected chi connectivity index (χ1v) is 13.5. The number of hydrogen-bond acceptors (Lipinski definition) is 6. The molecule has 1 N–H and O–H groups in total. The minimum absolute atomic E-state index is 0.110. The fourth-order valence-electron chi connectivity index (χ4n) is 6.13. The second-order valence-corrected chi connectivity index (χ2v) is 12.1. The third kappa shape index (κ3) is 4.27. The summed E-state index contributed by atoms with van der Waals surface area (Å²) >= 11 is 8.06. The minimum atomic E-state index is -0.796. The number of hydrogen-bond donors (Lipinski definition) is 1. The van der Waals surface area contributed by atoms with Gasteiger partial charge >= 0.3 is 5.97 Å². The highest BCUT2D eigenvalue weighted by molar-refractivity contribution is 8.02. The van der Waals surface area contributed by atoms with E-state index in [-0.39, 0.29) is 38.1 Å². The molecule has 4 rings (SSSR count). The van der Waals surface area contributed by atoms with Crippen molar-refractivity contribution in [3.05, 3.63) is 54.6 Å². The lowest BCUT2D eigenvalue weighted by Gasteiger charge is -2.37. The molecule has 36 heavy (non-hydrogen) atoms. The van der Waals surface area contributed by atoms with Gasteiger partial charge in [-0.1, -0.05) is 35.9 Å². The predicted molar refractivity (Wildman–Crippen MR) is 142 cm³/mol. The number of aliphatic hydroxyl groups is 1. The van der Waals surface area contributed by atoms with Crippen LogP contribution in [0.5, 0.6) is 0 Å². The Morgan fingerprint density at radius 2 is 2.06 bits per heavy atom. The van der Waals surface area contributed by atoms with Gasteiger partial charge in [0, 0.05) is 24.4 Å². The average Bonchev–Trinajstić information content (AvgIpc) is 3.42. The summed E-state index contributed by atoms with van der Waals surface area (Å²) in [5, 5.41) is 9.95. The zero-order valence-electron chi connectivity index (χ0n) is 20.5. The van der Waals surface area contributed by atoms with Gasteiger partial charge < -0.3 is 19.6 Å². The van der Waals surface area contributed by atoms with Crippen molar-refractivity contribution >= 4 is 46.8 Å². The maximum Gasteiger partial charge on any atom is 0.311 e. The Kier molecular flexibility index (Phi) is 7.88. The Balaban J connectivity index is 1.76. The number of halogens is 1. The van der Waals surface area contributed by atoms with Crippen LogP contribution in [0, 0.1) is 11.8 Å². The first-order valence-electron chi connectivity index (χ1n) is 12.3. The maximum absolute atomic E-state index is 14.3. The van der Waals surface area contributed by atoms with Crippen molar-refractivity contribution in [2.45, 2.75) is 48.1 Å². The van der Waals surface area contributed by atoms with E-state index in [9.17, 15) is 19.5 Å². The van der Waals surface area contributed by atoms with Crippen LogP contribution in [0.3, 0.4) is 0 Å². The molecular formula is C27H33ClN2O5S. The molecule has 0 aliphatic carbocycles. The number of ether oxygens (including phenoxy) is 1. The quantitative estimate of drug-likeness (QED) is 0.265. The smallest absolute Gasteiger partial charge is 0.311 e. The summed E-state index contributed by atoms with van der Waals surface area (Å²) in [6, 6.07) is 6.30. The number of carbonyl (C=O) groups excluding carboxylic acids is 3. The van der Waals surface area contributed by atoms with Gasteiger partial charge in [0.2, 0.25) is 5.91 Å². The van der Waals surface area contributed by atoms with Crippen LogP contribution in [-0.2, 0) is 19.1 Å². The Labute approximate surface area is 221 Å². The molecule has 2 bridgehead atoms. The number of aliphatic hydroxyl groups excluding tert-OH is 1. The highest BCUT2D eigenvalue weighted by Crippen LogP contribution is 2.71. The first-order chi connectivity index (χ1) is 17.3. The van der Waals surface area contributed by atoms with E-state index >= 15 is 0 Å². The molecule has 3 heterocycles. The fourth-order valence-corrected chi connectivity index (χ4v) is 8.71. The van der Waals surface area contributed by atoms with Gasteiger partial charge in [-0.05, 0) is 44.7 Å². The van der Waals surface area contributed by atoms with Crippen molar-refractivity contribution in [3.63, 3.8) is 0 Å². The van der Waals surface area contributed by atoms with E-state index in [2.05, 4.69) is 13.2 Å². The van der Waals surface area contributed by atoms with Gasteiger partial charge in [-0.15, -0.1) is 24.9 Å². The number of benzene rings is 1. The zero-order valence-corrected chi connectivity index (χ0v) is 22.1. The molecule has 1 aromatic rings. The van der Waals surface area contributed by atoms with Gasteiger partial charge in [0.15, 0.2) is 0 Å². The molecule has 1 spiro atoms. The lowest BCUT2D eigenvalue weighted by atomic mass is 9.66. The SMILES string of the molecule is C=CCCOC(=O)[C@@H]1[C@H]2C(=O)N(CCCO)C(C(=O)N(CC=C)c3ccccc3Cl)C23CC[C@@]1(C)S3. The third-order valence-electron chi connectivity index (χ3n) is 7.61. The van der Waals surface area contributed by atoms with Crippen LogP contribution < -0.4 is 4.90 Å². The van der Waals surface area contributed by atoms with Gasteiger partial charge in [-0.25, -0.2) is 0 Å². The number of rotatable bonds is 11. The molecule has 194 valence electrons. The fraction of sp³-hybridized carbons (Fsp3) is 0.519. The number of fused-ring (bicyclic) bond motifs is 1. The normalized spacial score (nSPS) is 30.2. The Morgan fingerprint density at radius 3 is 2.72 bits per heavy atom. The monoisotopic (exact) mass is 532 g/mol. The highest BCUT2D eigenvalue weighted by atomic mass is 35.5. The van der Waals surface area contributed by atoms with Crippen molar-refractivity contribution in [2.75, 3.05) is 31.2 Å². The van der Waals surface area contributed by atoms with E-state index in [4.69, 9.17) is 16.3 Å². The van der Waals surface area contributed by atoms with Gasteiger partial charge in [0.1, 0.15) is 6.04 Å². The summed E-state index contributed by atoms with van der Waals surface area (Å²) in [5.74, 6) is -2.18. The highest BCUT2D eigenvalue weighted by Gasteiger charge is 2.77. The summed E-state index contributed by atoms with van der Waals surface area (Å²) in [4.78, 5) is 44.7. The third-order valence-corrected chi connectivity index (χ3v) is 9.91. The number of likely N-dealkylation sites (tertiary alicyclic amines) is 1. The van der Waals surface area contributed by atoms with Gasteiger partial charge in [0.25, 0.3) is 5.91 Å². The van der Waals surface area contributed by atoms with E-state index in [1.54, 1.807) is 58.0 Å².